The molecule has 0 saturated heterocycles. The van der Waals surface area contributed by atoms with E-state index in [0.29, 0.717) is 0 Å². The number of aryl methyl sites for hydroxylation is 1. The van der Waals surface area contributed by atoms with Crippen molar-refractivity contribution in [2.24, 2.45) is 4.99 Å². The Kier molecular flexibility index (Phi) is 2.87. The molecule has 0 unspecified atom stereocenters. The lowest BCUT2D eigenvalue weighted by Crippen LogP contribution is -2.20. The van der Waals surface area contributed by atoms with Crippen molar-refractivity contribution >= 4 is 44.0 Å². The zero-order valence-corrected chi connectivity index (χ0v) is 12.7. The molecule has 1 N–H and O–H groups in total. The minimum Gasteiger partial charge on any atom is -0.391 e. The van der Waals surface area contributed by atoms with Gasteiger partial charge in [0.25, 0.3) is 0 Å². The highest BCUT2D eigenvalue weighted by Crippen LogP contribution is 2.44. The molecule has 20 heavy (non-hydrogen) atoms. The van der Waals surface area contributed by atoms with Gasteiger partial charge in [0.2, 0.25) is 0 Å². The van der Waals surface area contributed by atoms with E-state index in [1.54, 1.807) is 11.8 Å². The third kappa shape index (κ3) is 1.74. The summed E-state index contributed by atoms with van der Waals surface area (Å²) in [5, 5.41) is 12.0. The van der Waals surface area contributed by atoms with Crippen LogP contribution < -0.4 is 0 Å². The number of benzene rings is 1. The summed E-state index contributed by atoms with van der Waals surface area (Å²) in [5.41, 5.74) is 2.38. The van der Waals surface area contributed by atoms with Crippen LogP contribution in [0.25, 0.3) is 15.8 Å². The number of hydrogen-bond acceptors (Lipinski definition) is 5. The summed E-state index contributed by atoms with van der Waals surface area (Å²) < 4.78 is 1.31. The van der Waals surface area contributed by atoms with Crippen LogP contribution in [0.4, 0.5) is 0 Å². The van der Waals surface area contributed by atoms with E-state index in [0.717, 1.165) is 28.9 Å². The maximum absolute atomic E-state index is 9.67. The van der Waals surface area contributed by atoms with Gasteiger partial charge in [-0.3, -0.25) is 4.99 Å². The van der Waals surface area contributed by atoms with Crippen LogP contribution in [0.3, 0.4) is 0 Å². The van der Waals surface area contributed by atoms with E-state index in [2.05, 4.69) is 41.1 Å². The first-order valence-electron chi connectivity index (χ1n) is 6.61. The van der Waals surface area contributed by atoms with Crippen molar-refractivity contribution in [2.75, 3.05) is 19.7 Å². The van der Waals surface area contributed by atoms with Crippen LogP contribution >= 0.6 is 23.1 Å². The Balaban J connectivity index is 1.95. The molecule has 3 heterocycles. The molecule has 5 heteroatoms. The summed E-state index contributed by atoms with van der Waals surface area (Å²) in [5.74, 6) is 0. The van der Waals surface area contributed by atoms with Crippen LogP contribution in [0.1, 0.15) is 10.4 Å². The van der Waals surface area contributed by atoms with Gasteiger partial charge in [0.15, 0.2) is 5.17 Å². The van der Waals surface area contributed by atoms with Gasteiger partial charge in [-0.15, -0.1) is 11.3 Å². The summed E-state index contributed by atoms with van der Waals surface area (Å²) in [7, 11) is 0. The van der Waals surface area contributed by atoms with E-state index in [-0.39, 0.29) is 6.61 Å². The molecule has 2 aliphatic rings. The smallest absolute Gasteiger partial charge is 0.168 e. The maximum Gasteiger partial charge on any atom is 0.168 e. The van der Waals surface area contributed by atoms with Crippen LogP contribution in [0.15, 0.2) is 34.2 Å². The first-order valence-corrected chi connectivity index (χ1v) is 8.24. The van der Waals surface area contributed by atoms with Crippen LogP contribution in [0.5, 0.6) is 0 Å². The van der Waals surface area contributed by atoms with Crippen LogP contribution in [-0.2, 0) is 0 Å². The summed E-state index contributed by atoms with van der Waals surface area (Å²) >= 11 is 3.43. The van der Waals surface area contributed by atoms with Crippen molar-refractivity contribution in [3.8, 4) is 0 Å². The van der Waals surface area contributed by atoms with E-state index in [1.807, 2.05) is 11.3 Å². The molecule has 0 radical (unpaired) electrons. The SMILES string of the molecule is Cc1cc2cccc(C3=C(CO)SC4=NCCN43)c2s1. The number of thioether (sulfide) groups is 1. The molecule has 2 aromatic rings. The number of aliphatic imine (C=N–C) groups is 1. The van der Waals surface area contributed by atoms with Gasteiger partial charge in [-0.05, 0) is 18.4 Å². The molecule has 0 bridgehead atoms. The predicted octanol–water partition coefficient (Wildman–Crippen LogP) is 3.29. The molecule has 0 fully saturated rings. The third-order valence-electron chi connectivity index (χ3n) is 3.62. The Morgan fingerprint density at radius 1 is 1.40 bits per heavy atom. The summed E-state index contributed by atoms with van der Waals surface area (Å²) in [4.78, 5) is 9.10. The lowest BCUT2D eigenvalue weighted by atomic mass is 10.1. The third-order valence-corrected chi connectivity index (χ3v) is 5.82. The Hall–Kier alpha value is -1.30. The minimum absolute atomic E-state index is 0.0796. The molecule has 102 valence electrons. The number of rotatable bonds is 2. The number of aliphatic hydroxyl groups excluding tert-OH is 1. The number of hydrogen-bond donors (Lipinski definition) is 1. The molecule has 1 aromatic heterocycles. The first kappa shape index (κ1) is 12.4. The Bertz CT molecular complexity index is 760. The second kappa shape index (κ2) is 4.62. The molecular weight excluding hydrogens is 288 g/mol. The monoisotopic (exact) mass is 302 g/mol. The highest BCUT2D eigenvalue weighted by atomic mass is 32.2. The van der Waals surface area contributed by atoms with Crippen molar-refractivity contribution < 1.29 is 5.11 Å². The van der Waals surface area contributed by atoms with Gasteiger partial charge in [-0.25, -0.2) is 0 Å². The minimum atomic E-state index is 0.0796. The number of fused-ring (bicyclic) bond motifs is 2. The standard InChI is InChI=1S/C15H14N2OS2/c1-9-7-10-3-2-4-11(14(10)19-9)13-12(8-18)20-15-16-5-6-17(13)15/h2-4,7,18H,5-6,8H2,1H3. The van der Waals surface area contributed by atoms with E-state index in [4.69, 9.17) is 0 Å². The predicted molar refractivity (Wildman–Crippen MR) is 87.2 cm³/mol. The normalized spacial score (nSPS) is 18.1. The Morgan fingerprint density at radius 3 is 3.15 bits per heavy atom. The molecule has 0 saturated carbocycles. The lowest BCUT2D eigenvalue weighted by molar-refractivity contribution is 0.339. The first-order chi connectivity index (χ1) is 9.78. The topological polar surface area (TPSA) is 35.8 Å². The molecule has 0 atom stereocenters. The van der Waals surface area contributed by atoms with Crippen molar-refractivity contribution in [1.29, 1.82) is 0 Å². The second-order valence-corrected chi connectivity index (χ2v) is 7.25. The summed E-state index contributed by atoms with van der Waals surface area (Å²) in [6.07, 6.45) is 0. The largest absolute Gasteiger partial charge is 0.391 e. The fourth-order valence-electron chi connectivity index (χ4n) is 2.81. The summed E-state index contributed by atoms with van der Waals surface area (Å²) in [6, 6.07) is 8.64. The lowest BCUT2D eigenvalue weighted by Gasteiger charge is -2.17. The van der Waals surface area contributed by atoms with Crippen molar-refractivity contribution in [1.82, 2.24) is 4.90 Å². The Labute approximate surface area is 125 Å². The van der Waals surface area contributed by atoms with Crippen LogP contribution in [0, 0.1) is 6.92 Å². The average Bonchev–Trinajstić information content (AvgIpc) is 3.09. The average molecular weight is 302 g/mol. The maximum atomic E-state index is 9.67. The van der Waals surface area contributed by atoms with Gasteiger partial charge in [0.1, 0.15) is 0 Å². The zero-order chi connectivity index (χ0) is 13.7. The van der Waals surface area contributed by atoms with E-state index in [1.165, 1.54) is 20.5 Å². The van der Waals surface area contributed by atoms with Gasteiger partial charge in [-0.2, -0.15) is 0 Å². The fourth-order valence-corrected chi connectivity index (χ4v) is 4.89. The highest BCUT2D eigenvalue weighted by molar-refractivity contribution is 8.17. The number of thiophene rings is 1. The molecule has 3 nitrogen and oxygen atoms in total. The van der Waals surface area contributed by atoms with Gasteiger partial charge in [0, 0.05) is 26.6 Å². The molecule has 2 aliphatic heterocycles. The quantitative estimate of drug-likeness (QED) is 0.924. The molecule has 4 rings (SSSR count). The molecule has 0 spiro atoms. The number of aliphatic hydroxyl groups is 1. The molecular formula is C15H14N2OS2. The van der Waals surface area contributed by atoms with Gasteiger partial charge < -0.3 is 10.0 Å². The molecule has 0 aliphatic carbocycles. The highest BCUT2D eigenvalue weighted by Gasteiger charge is 2.33. The van der Waals surface area contributed by atoms with Crippen molar-refractivity contribution in [3.05, 3.63) is 39.6 Å². The summed E-state index contributed by atoms with van der Waals surface area (Å²) in [6.45, 7) is 3.99. The zero-order valence-electron chi connectivity index (χ0n) is 11.1. The van der Waals surface area contributed by atoms with Gasteiger partial charge in [0.05, 0.1) is 18.8 Å². The van der Waals surface area contributed by atoms with E-state index >= 15 is 0 Å². The number of amidine groups is 1. The van der Waals surface area contributed by atoms with Gasteiger partial charge >= 0.3 is 0 Å². The second-order valence-electron chi connectivity index (χ2n) is 4.93. The van der Waals surface area contributed by atoms with E-state index in [9.17, 15) is 5.11 Å². The van der Waals surface area contributed by atoms with Crippen LogP contribution in [-0.4, -0.2) is 34.9 Å². The van der Waals surface area contributed by atoms with Crippen LogP contribution in [0.2, 0.25) is 0 Å². The number of nitrogens with zero attached hydrogens (tertiary/aromatic N) is 2. The molecule has 1 aromatic carbocycles. The fraction of sp³-hybridized carbons (Fsp3) is 0.267. The van der Waals surface area contributed by atoms with Crippen molar-refractivity contribution in [2.45, 2.75) is 6.92 Å². The van der Waals surface area contributed by atoms with Crippen molar-refractivity contribution in [3.63, 3.8) is 0 Å². The van der Waals surface area contributed by atoms with E-state index < -0.39 is 0 Å². The Morgan fingerprint density at radius 2 is 2.30 bits per heavy atom. The van der Waals surface area contributed by atoms with Gasteiger partial charge in [-0.1, -0.05) is 30.0 Å². The molecule has 0 amide bonds.